The third-order valence-corrected chi connectivity index (χ3v) is 2.22. The molecule has 1 aromatic carbocycles. The summed E-state index contributed by atoms with van der Waals surface area (Å²) < 4.78 is 5.31. The average molecular weight is 213 g/mol. The normalized spacial score (nSPS) is 10.0. The molecule has 2 nitrogen and oxygen atoms in total. The monoisotopic (exact) mass is 212 g/mol. The van der Waals surface area contributed by atoms with Crippen LogP contribution in [0.25, 0.3) is 0 Å². The Labute approximate surface area is 88.8 Å². The summed E-state index contributed by atoms with van der Waals surface area (Å²) in [4.78, 5) is 11.2. The minimum absolute atomic E-state index is 0.0180. The van der Waals surface area contributed by atoms with Crippen LogP contribution in [0.1, 0.15) is 29.8 Å². The highest BCUT2D eigenvalue weighted by Crippen LogP contribution is 2.26. The van der Waals surface area contributed by atoms with Crippen molar-refractivity contribution < 1.29 is 9.53 Å². The summed E-state index contributed by atoms with van der Waals surface area (Å²) in [7, 11) is 0. The summed E-state index contributed by atoms with van der Waals surface area (Å²) in [6.45, 7) is 5.86. The van der Waals surface area contributed by atoms with Crippen LogP contribution in [0.2, 0.25) is 5.02 Å². The van der Waals surface area contributed by atoms with Crippen molar-refractivity contribution >= 4 is 17.4 Å². The van der Waals surface area contributed by atoms with Crippen LogP contribution in [-0.2, 0) is 0 Å². The van der Waals surface area contributed by atoms with Crippen molar-refractivity contribution in [1.82, 2.24) is 0 Å². The van der Waals surface area contributed by atoms with Crippen LogP contribution in [0.3, 0.4) is 0 Å². The van der Waals surface area contributed by atoms with Gasteiger partial charge in [-0.3, -0.25) is 4.79 Å². The number of carbonyl (C=O) groups excluding carboxylic acids is 1. The zero-order chi connectivity index (χ0) is 10.7. The number of ether oxygens (including phenoxy) is 1. The van der Waals surface area contributed by atoms with E-state index in [0.717, 1.165) is 5.56 Å². The first kappa shape index (κ1) is 11.1. The molecule has 0 aliphatic carbocycles. The fourth-order valence-corrected chi connectivity index (χ4v) is 1.80. The number of hydrogen-bond acceptors (Lipinski definition) is 2. The highest BCUT2D eigenvalue weighted by molar-refractivity contribution is 6.34. The van der Waals surface area contributed by atoms with Gasteiger partial charge in [0.2, 0.25) is 0 Å². The first-order valence-electron chi connectivity index (χ1n) is 4.50. The van der Waals surface area contributed by atoms with Crippen molar-refractivity contribution in [2.24, 2.45) is 0 Å². The summed E-state index contributed by atoms with van der Waals surface area (Å²) in [5.41, 5.74) is 1.43. The van der Waals surface area contributed by atoms with Crippen LogP contribution in [0, 0.1) is 6.92 Å². The number of halogens is 1. The van der Waals surface area contributed by atoms with E-state index in [1.54, 1.807) is 6.07 Å². The quantitative estimate of drug-likeness (QED) is 0.719. The van der Waals surface area contributed by atoms with Crippen LogP contribution in [0.4, 0.5) is 0 Å². The zero-order valence-electron chi connectivity index (χ0n) is 8.56. The van der Waals surface area contributed by atoms with Crippen molar-refractivity contribution in [1.29, 1.82) is 0 Å². The van der Waals surface area contributed by atoms with Crippen LogP contribution >= 0.6 is 11.6 Å². The Morgan fingerprint density at radius 3 is 2.57 bits per heavy atom. The van der Waals surface area contributed by atoms with Crippen LogP contribution < -0.4 is 4.74 Å². The fourth-order valence-electron chi connectivity index (χ4n) is 1.41. The standard InChI is InChI=1S/C11H13ClO2/c1-4-14-9-5-7(2)11(8(3)13)10(12)6-9/h5-6H,4H2,1-3H3. The van der Waals surface area contributed by atoms with Crippen LogP contribution in [0.5, 0.6) is 5.75 Å². The topological polar surface area (TPSA) is 26.3 Å². The Morgan fingerprint density at radius 1 is 1.50 bits per heavy atom. The summed E-state index contributed by atoms with van der Waals surface area (Å²) in [6, 6.07) is 3.50. The van der Waals surface area contributed by atoms with Gasteiger partial charge in [-0.25, -0.2) is 0 Å². The van der Waals surface area contributed by atoms with E-state index in [1.807, 2.05) is 19.9 Å². The minimum Gasteiger partial charge on any atom is -0.494 e. The molecule has 0 fully saturated rings. The summed E-state index contributed by atoms with van der Waals surface area (Å²) in [5, 5.41) is 0.459. The molecular formula is C11H13ClO2. The predicted octanol–water partition coefficient (Wildman–Crippen LogP) is 3.25. The van der Waals surface area contributed by atoms with E-state index in [2.05, 4.69) is 0 Å². The molecule has 76 valence electrons. The highest BCUT2D eigenvalue weighted by Gasteiger charge is 2.10. The molecular weight excluding hydrogens is 200 g/mol. The van der Waals surface area contributed by atoms with Crippen LogP contribution in [0.15, 0.2) is 12.1 Å². The maximum Gasteiger partial charge on any atom is 0.161 e. The molecule has 0 bridgehead atoms. The van der Waals surface area contributed by atoms with Crippen molar-refractivity contribution in [3.05, 3.63) is 28.3 Å². The molecule has 0 aromatic heterocycles. The molecule has 0 amide bonds. The molecule has 0 spiro atoms. The van der Waals surface area contributed by atoms with Crippen molar-refractivity contribution in [2.75, 3.05) is 6.61 Å². The molecule has 1 aromatic rings. The van der Waals surface area contributed by atoms with E-state index in [9.17, 15) is 4.79 Å². The molecule has 0 saturated heterocycles. The van der Waals surface area contributed by atoms with Crippen molar-refractivity contribution in [2.45, 2.75) is 20.8 Å². The largest absolute Gasteiger partial charge is 0.494 e. The molecule has 1 rings (SSSR count). The third-order valence-electron chi connectivity index (χ3n) is 1.92. The predicted molar refractivity (Wildman–Crippen MR) is 57.4 cm³/mol. The van der Waals surface area contributed by atoms with Gasteiger partial charge in [-0.1, -0.05) is 11.6 Å². The first-order valence-corrected chi connectivity index (χ1v) is 4.88. The van der Waals surface area contributed by atoms with Crippen molar-refractivity contribution in [3.8, 4) is 5.75 Å². The van der Waals surface area contributed by atoms with Gasteiger partial charge in [0, 0.05) is 5.56 Å². The van der Waals surface area contributed by atoms with Gasteiger partial charge in [0.05, 0.1) is 11.6 Å². The Bertz CT molecular complexity index is 335. The van der Waals surface area contributed by atoms with E-state index in [4.69, 9.17) is 16.3 Å². The second-order valence-electron chi connectivity index (χ2n) is 3.09. The van der Waals surface area contributed by atoms with Crippen molar-refractivity contribution in [3.63, 3.8) is 0 Å². The molecule has 0 N–H and O–H groups in total. The Hall–Kier alpha value is -1.02. The zero-order valence-corrected chi connectivity index (χ0v) is 9.31. The number of ketones is 1. The van der Waals surface area contributed by atoms with E-state index in [0.29, 0.717) is 22.9 Å². The van der Waals surface area contributed by atoms with E-state index in [-0.39, 0.29) is 5.78 Å². The molecule has 0 aliphatic rings. The van der Waals surface area contributed by atoms with Crippen LogP contribution in [-0.4, -0.2) is 12.4 Å². The van der Waals surface area contributed by atoms with E-state index >= 15 is 0 Å². The Morgan fingerprint density at radius 2 is 2.14 bits per heavy atom. The second kappa shape index (κ2) is 4.47. The number of hydrogen-bond donors (Lipinski definition) is 0. The molecule has 0 heterocycles. The maximum absolute atomic E-state index is 11.2. The maximum atomic E-state index is 11.2. The van der Waals surface area contributed by atoms with Gasteiger partial charge in [0.1, 0.15) is 5.75 Å². The number of Topliss-reactive ketones (excluding diaryl/α,β-unsaturated/α-hetero) is 1. The third kappa shape index (κ3) is 2.26. The molecule has 14 heavy (non-hydrogen) atoms. The van der Waals surface area contributed by atoms with E-state index in [1.165, 1.54) is 6.92 Å². The second-order valence-corrected chi connectivity index (χ2v) is 3.49. The fraction of sp³-hybridized carbons (Fsp3) is 0.364. The smallest absolute Gasteiger partial charge is 0.161 e. The average Bonchev–Trinajstić information content (AvgIpc) is 2.01. The molecule has 3 heteroatoms. The van der Waals surface area contributed by atoms with Gasteiger partial charge in [-0.05, 0) is 38.5 Å². The number of carbonyl (C=O) groups is 1. The molecule has 0 radical (unpaired) electrons. The van der Waals surface area contributed by atoms with Gasteiger partial charge >= 0.3 is 0 Å². The lowest BCUT2D eigenvalue weighted by atomic mass is 10.1. The molecule has 0 atom stereocenters. The number of benzene rings is 1. The lowest BCUT2D eigenvalue weighted by Crippen LogP contribution is -1.99. The molecule has 0 aliphatic heterocycles. The Kier molecular flexibility index (Phi) is 3.53. The first-order chi connectivity index (χ1) is 6.56. The lowest BCUT2D eigenvalue weighted by molar-refractivity contribution is 0.101. The van der Waals surface area contributed by atoms with Gasteiger partial charge in [-0.15, -0.1) is 0 Å². The SMILES string of the molecule is CCOc1cc(C)c(C(C)=O)c(Cl)c1. The van der Waals surface area contributed by atoms with E-state index < -0.39 is 0 Å². The van der Waals surface area contributed by atoms with Gasteiger partial charge in [0.15, 0.2) is 5.78 Å². The molecule has 0 saturated carbocycles. The summed E-state index contributed by atoms with van der Waals surface area (Å²) in [5.74, 6) is 0.690. The van der Waals surface area contributed by atoms with Gasteiger partial charge in [-0.2, -0.15) is 0 Å². The summed E-state index contributed by atoms with van der Waals surface area (Å²) in [6.07, 6.45) is 0. The molecule has 0 unspecified atom stereocenters. The Balaban J connectivity index is 3.18. The minimum atomic E-state index is -0.0180. The summed E-state index contributed by atoms with van der Waals surface area (Å²) >= 11 is 5.96. The van der Waals surface area contributed by atoms with Gasteiger partial charge in [0.25, 0.3) is 0 Å². The number of aryl methyl sites for hydroxylation is 1. The van der Waals surface area contributed by atoms with Gasteiger partial charge < -0.3 is 4.74 Å². The highest BCUT2D eigenvalue weighted by atomic mass is 35.5. The number of rotatable bonds is 3. The lowest BCUT2D eigenvalue weighted by Gasteiger charge is -2.09.